The summed E-state index contributed by atoms with van der Waals surface area (Å²) < 4.78 is 0. The van der Waals surface area contributed by atoms with Crippen LogP contribution < -0.4 is 27.4 Å². The highest BCUT2D eigenvalue weighted by Crippen LogP contribution is 2.18. The average Bonchev–Trinajstić information content (AvgIpc) is 3.21. The van der Waals surface area contributed by atoms with Gasteiger partial charge in [-0.1, -0.05) is 18.2 Å². The highest BCUT2D eigenvalue weighted by molar-refractivity contribution is 7.98. The van der Waals surface area contributed by atoms with Crippen LogP contribution >= 0.6 is 11.8 Å². The van der Waals surface area contributed by atoms with Gasteiger partial charge < -0.3 is 37.5 Å². The fraction of sp³-hybridized carbons (Fsp3) is 0.409. The number of thioether (sulfide) groups is 1. The van der Waals surface area contributed by atoms with Crippen LogP contribution in [0.1, 0.15) is 18.4 Å². The molecule has 0 saturated carbocycles. The smallest absolute Gasteiger partial charge is 0.326 e. The van der Waals surface area contributed by atoms with E-state index in [4.69, 9.17) is 11.5 Å². The largest absolute Gasteiger partial charge is 0.480 e. The number of fused-ring (bicyclic) bond motifs is 1. The minimum Gasteiger partial charge on any atom is -0.480 e. The Morgan fingerprint density at radius 1 is 1.09 bits per heavy atom. The Labute approximate surface area is 205 Å². The summed E-state index contributed by atoms with van der Waals surface area (Å²) in [6.45, 7) is -0.424. The number of hydrogen-bond acceptors (Lipinski definition) is 7. The Kier molecular flexibility index (Phi) is 10.5. The van der Waals surface area contributed by atoms with Gasteiger partial charge in [-0.3, -0.25) is 19.2 Å². The average molecular weight is 507 g/mol. The first kappa shape index (κ1) is 27.7. The first-order valence-corrected chi connectivity index (χ1v) is 12.2. The van der Waals surface area contributed by atoms with Crippen molar-refractivity contribution in [3.05, 3.63) is 36.0 Å². The van der Waals surface area contributed by atoms with Crippen molar-refractivity contribution in [1.29, 1.82) is 0 Å². The number of carboxylic acids is 1. The van der Waals surface area contributed by atoms with E-state index in [-0.39, 0.29) is 12.8 Å². The van der Waals surface area contributed by atoms with Crippen LogP contribution in [0.4, 0.5) is 0 Å². The second-order valence-electron chi connectivity index (χ2n) is 7.86. The SMILES string of the molecule is CSCCC(NC(=O)CNC(=O)C(N)Cc1c[nH]c2ccccc12)C(=O)NC(CC(N)=O)C(=O)O. The molecule has 0 saturated heterocycles. The van der Waals surface area contributed by atoms with Crippen LogP contribution in [0.2, 0.25) is 0 Å². The van der Waals surface area contributed by atoms with Crippen molar-refractivity contribution in [3.8, 4) is 0 Å². The van der Waals surface area contributed by atoms with E-state index in [0.717, 1.165) is 16.5 Å². The summed E-state index contributed by atoms with van der Waals surface area (Å²) in [7, 11) is 0. The molecule has 3 unspecified atom stereocenters. The molecule has 12 nitrogen and oxygen atoms in total. The van der Waals surface area contributed by atoms with Crippen LogP contribution in [-0.2, 0) is 30.4 Å². The molecule has 0 fully saturated rings. The third kappa shape index (κ3) is 8.61. The minimum atomic E-state index is -1.52. The molecule has 35 heavy (non-hydrogen) atoms. The molecular weight excluding hydrogens is 476 g/mol. The number of benzene rings is 1. The van der Waals surface area contributed by atoms with Crippen molar-refractivity contribution in [3.63, 3.8) is 0 Å². The summed E-state index contributed by atoms with van der Waals surface area (Å²) in [4.78, 5) is 62.8. The Morgan fingerprint density at radius 2 is 1.80 bits per heavy atom. The van der Waals surface area contributed by atoms with Gasteiger partial charge >= 0.3 is 5.97 Å². The molecule has 1 aromatic heterocycles. The van der Waals surface area contributed by atoms with Crippen molar-refractivity contribution in [2.24, 2.45) is 11.5 Å². The van der Waals surface area contributed by atoms with Crippen molar-refractivity contribution in [1.82, 2.24) is 20.9 Å². The number of nitrogens with one attached hydrogen (secondary N) is 4. The first-order chi connectivity index (χ1) is 16.6. The van der Waals surface area contributed by atoms with Crippen molar-refractivity contribution >= 4 is 52.3 Å². The lowest BCUT2D eigenvalue weighted by Gasteiger charge is -2.21. The van der Waals surface area contributed by atoms with Crippen LogP contribution in [-0.4, -0.2) is 76.4 Å². The van der Waals surface area contributed by atoms with Crippen LogP contribution in [0.3, 0.4) is 0 Å². The van der Waals surface area contributed by atoms with Gasteiger partial charge in [0.2, 0.25) is 23.6 Å². The summed E-state index contributed by atoms with van der Waals surface area (Å²) in [6.07, 6.45) is 3.46. The lowest BCUT2D eigenvalue weighted by molar-refractivity contribution is -0.143. The molecule has 190 valence electrons. The number of carboxylic acid groups (broad SMARTS) is 1. The molecule has 1 aromatic carbocycles. The molecule has 0 aliphatic rings. The van der Waals surface area contributed by atoms with E-state index in [2.05, 4.69) is 20.9 Å². The monoisotopic (exact) mass is 506 g/mol. The Bertz CT molecular complexity index is 1070. The highest BCUT2D eigenvalue weighted by Gasteiger charge is 2.27. The molecule has 0 bridgehead atoms. The van der Waals surface area contributed by atoms with Crippen LogP contribution in [0.25, 0.3) is 10.9 Å². The topological polar surface area (TPSA) is 209 Å². The van der Waals surface area contributed by atoms with Crippen molar-refractivity contribution in [2.75, 3.05) is 18.6 Å². The molecule has 9 N–H and O–H groups in total. The zero-order valence-electron chi connectivity index (χ0n) is 19.2. The number of H-pyrrole nitrogens is 1. The fourth-order valence-electron chi connectivity index (χ4n) is 3.35. The Morgan fingerprint density at radius 3 is 2.46 bits per heavy atom. The molecule has 0 radical (unpaired) electrons. The molecule has 13 heteroatoms. The zero-order chi connectivity index (χ0) is 26.0. The van der Waals surface area contributed by atoms with E-state index >= 15 is 0 Å². The molecular formula is C22H30N6O6S. The first-order valence-electron chi connectivity index (χ1n) is 10.8. The number of amides is 4. The van der Waals surface area contributed by atoms with Gasteiger partial charge in [0.25, 0.3) is 0 Å². The maximum absolute atomic E-state index is 12.6. The number of nitrogens with two attached hydrogens (primary N) is 2. The number of para-hydroxylation sites is 1. The summed E-state index contributed by atoms with van der Waals surface area (Å²) >= 11 is 1.42. The van der Waals surface area contributed by atoms with Crippen LogP contribution in [0, 0.1) is 0 Å². The third-order valence-electron chi connectivity index (χ3n) is 5.16. The van der Waals surface area contributed by atoms with Gasteiger partial charge in [0.05, 0.1) is 19.0 Å². The molecule has 0 aliphatic heterocycles. The predicted molar refractivity (Wildman–Crippen MR) is 131 cm³/mol. The van der Waals surface area contributed by atoms with Gasteiger partial charge in [0.1, 0.15) is 12.1 Å². The normalized spacial score (nSPS) is 13.4. The van der Waals surface area contributed by atoms with Gasteiger partial charge in [-0.05, 0) is 36.5 Å². The van der Waals surface area contributed by atoms with Crippen molar-refractivity contribution in [2.45, 2.75) is 37.4 Å². The molecule has 4 amide bonds. The van der Waals surface area contributed by atoms with Crippen LogP contribution in [0.15, 0.2) is 30.5 Å². The number of aliphatic carboxylic acids is 1. The van der Waals surface area contributed by atoms with Gasteiger partial charge in [0, 0.05) is 17.1 Å². The Hall–Kier alpha value is -3.58. The molecule has 2 aromatic rings. The fourth-order valence-corrected chi connectivity index (χ4v) is 3.82. The highest BCUT2D eigenvalue weighted by atomic mass is 32.2. The lowest BCUT2D eigenvalue weighted by atomic mass is 10.1. The number of aromatic nitrogens is 1. The van der Waals surface area contributed by atoms with Gasteiger partial charge in [-0.15, -0.1) is 0 Å². The van der Waals surface area contributed by atoms with E-state index in [9.17, 15) is 29.1 Å². The number of aromatic amines is 1. The van der Waals surface area contributed by atoms with E-state index in [1.165, 1.54) is 11.8 Å². The minimum absolute atomic E-state index is 0.204. The summed E-state index contributed by atoms with van der Waals surface area (Å²) in [6, 6.07) is 4.11. The number of carbonyl (C=O) groups is 5. The molecule has 1 heterocycles. The maximum Gasteiger partial charge on any atom is 0.326 e. The van der Waals surface area contributed by atoms with Gasteiger partial charge in [-0.25, -0.2) is 4.79 Å². The van der Waals surface area contributed by atoms with Crippen LogP contribution in [0.5, 0.6) is 0 Å². The third-order valence-corrected chi connectivity index (χ3v) is 5.80. The number of hydrogen-bond donors (Lipinski definition) is 7. The second-order valence-corrected chi connectivity index (χ2v) is 8.84. The van der Waals surface area contributed by atoms with E-state index in [0.29, 0.717) is 5.75 Å². The number of rotatable bonds is 14. The quantitative estimate of drug-likeness (QED) is 0.166. The summed E-state index contributed by atoms with van der Waals surface area (Å²) in [5.74, 6) is -3.79. The second kappa shape index (κ2) is 13.3. The van der Waals surface area contributed by atoms with Gasteiger partial charge in [-0.2, -0.15) is 11.8 Å². The molecule has 3 atom stereocenters. The van der Waals surface area contributed by atoms with E-state index in [1.54, 1.807) is 12.5 Å². The predicted octanol–water partition coefficient (Wildman–Crippen LogP) is -1.16. The van der Waals surface area contributed by atoms with E-state index < -0.39 is 60.7 Å². The van der Waals surface area contributed by atoms with Crippen molar-refractivity contribution < 1.29 is 29.1 Å². The lowest BCUT2D eigenvalue weighted by Crippen LogP contribution is -2.54. The zero-order valence-corrected chi connectivity index (χ0v) is 20.0. The number of carbonyl (C=O) groups excluding carboxylic acids is 4. The maximum atomic E-state index is 12.6. The van der Waals surface area contributed by atoms with Gasteiger partial charge in [0.15, 0.2) is 0 Å². The standard InChI is InChI=1S/C22H30N6O6S/c1-35-7-6-16(21(32)28-17(22(33)34)9-18(24)29)27-19(30)11-26-20(31)14(23)8-12-10-25-15-5-3-2-4-13(12)15/h2-5,10,14,16-17,25H,6-9,11,23H2,1H3,(H2,24,29)(H,26,31)(H,27,30)(H,28,32)(H,33,34). The van der Waals surface area contributed by atoms with E-state index in [1.807, 2.05) is 24.3 Å². The summed E-state index contributed by atoms with van der Waals surface area (Å²) in [5.41, 5.74) is 12.8. The number of primary amides is 1. The Balaban J connectivity index is 1.91. The molecule has 2 rings (SSSR count). The molecule has 0 spiro atoms. The summed E-state index contributed by atoms with van der Waals surface area (Å²) in [5, 5.41) is 17.3. The molecule has 0 aliphatic carbocycles.